The first-order valence-electron chi connectivity index (χ1n) is 11.5. The Morgan fingerprint density at radius 1 is 0.973 bits per heavy atom. The summed E-state index contributed by atoms with van der Waals surface area (Å²) < 4.78 is 53.3. The van der Waals surface area contributed by atoms with E-state index in [4.69, 9.17) is 9.47 Å². The summed E-state index contributed by atoms with van der Waals surface area (Å²) in [5, 5.41) is 0.650. The summed E-state index contributed by atoms with van der Waals surface area (Å²) in [6.07, 6.45) is 0. The monoisotopic (exact) mass is 522 g/mol. The van der Waals surface area contributed by atoms with Crippen molar-refractivity contribution in [2.24, 2.45) is 0 Å². The number of pyridine rings is 1. The van der Waals surface area contributed by atoms with Crippen LogP contribution in [0.4, 0.5) is 4.39 Å². The molecule has 4 aromatic rings. The molecule has 0 spiro atoms. The van der Waals surface area contributed by atoms with Crippen LogP contribution in [-0.2, 0) is 23.1 Å². The van der Waals surface area contributed by atoms with Crippen molar-refractivity contribution in [1.82, 2.24) is 9.29 Å². The van der Waals surface area contributed by atoms with E-state index in [0.717, 1.165) is 4.31 Å². The first-order valence-corrected chi connectivity index (χ1v) is 13.0. The number of hydrogen-bond acceptors (Lipinski definition) is 6. The van der Waals surface area contributed by atoms with E-state index in [0.29, 0.717) is 41.2 Å². The molecule has 0 amide bonds. The molecule has 0 fully saturated rings. The highest BCUT2D eigenvalue weighted by Gasteiger charge is 2.27. The summed E-state index contributed by atoms with van der Waals surface area (Å²) >= 11 is 0. The number of H-pyrrole nitrogens is 1. The van der Waals surface area contributed by atoms with Crippen molar-refractivity contribution in [1.29, 1.82) is 0 Å². The minimum absolute atomic E-state index is 0.0841. The number of sulfonamides is 1. The fourth-order valence-electron chi connectivity index (χ4n) is 4.14. The number of halogens is 1. The number of aromatic nitrogens is 1. The van der Waals surface area contributed by atoms with E-state index in [1.165, 1.54) is 55.5 Å². The Kier molecular flexibility index (Phi) is 6.53. The fourth-order valence-corrected chi connectivity index (χ4v) is 5.59. The Bertz CT molecular complexity index is 1670. The van der Waals surface area contributed by atoms with E-state index in [-0.39, 0.29) is 34.9 Å². The largest absolute Gasteiger partial charge is 0.486 e. The van der Waals surface area contributed by atoms with E-state index in [1.807, 2.05) is 0 Å². The van der Waals surface area contributed by atoms with Gasteiger partial charge >= 0.3 is 0 Å². The first-order chi connectivity index (χ1) is 17.7. The van der Waals surface area contributed by atoms with Gasteiger partial charge in [0.15, 0.2) is 17.3 Å². The van der Waals surface area contributed by atoms with Gasteiger partial charge in [-0.25, -0.2) is 12.8 Å². The number of fused-ring (bicyclic) bond motifs is 2. The number of benzene rings is 3. The smallest absolute Gasteiger partial charge is 0.252 e. The van der Waals surface area contributed by atoms with Crippen LogP contribution in [0.3, 0.4) is 0 Å². The molecule has 1 aromatic heterocycles. The predicted octanol–water partition coefficient (Wildman–Crippen LogP) is 4.03. The van der Waals surface area contributed by atoms with Crippen molar-refractivity contribution in [2.45, 2.75) is 24.9 Å². The Hall–Kier alpha value is -4.02. The number of ether oxygens (including phenoxy) is 2. The molecule has 0 saturated carbocycles. The van der Waals surface area contributed by atoms with E-state index in [2.05, 4.69) is 4.98 Å². The molecule has 3 aromatic carbocycles. The summed E-state index contributed by atoms with van der Waals surface area (Å²) in [6, 6.07) is 16.2. The zero-order valence-corrected chi connectivity index (χ0v) is 20.7. The van der Waals surface area contributed by atoms with Crippen LogP contribution in [0.2, 0.25) is 0 Å². The molecular weight excluding hydrogens is 499 g/mol. The third-order valence-electron chi connectivity index (χ3n) is 6.08. The van der Waals surface area contributed by atoms with Crippen LogP contribution in [0, 0.1) is 5.82 Å². The number of nitrogens with zero attached hydrogens (tertiary/aromatic N) is 1. The van der Waals surface area contributed by atoms with Gasteiger partial charge in [-0.3, -0.25) is 9.59 Å². The summed E-state index contributed by atoms with van der Waals surface area (Å²) in [5.74, 6) is 0.331. The maximum atomic E-state index is 13.7. The Morgan fingerprint density at radius 3 is 2.38 bits per heavy atom. The number of rotatable bonds is 7. The maximum absolute atomic E-state index is 13.7. The van der Waals surface area contributed by atoms with Crippen LogP contribution in [0.1, 0.15) is 28.4 Å². The van der Waals surface area contributed by atoms with Crippen molar-refractivity contribution in [2.75, 3.05) is 13.2 Å². The quantitative estimate of drug-likeness (QED) is 0.368. The summed E-state index contributed by atoms with van der Waals surface area (Å²) in [4.78, 5) is 27.6. The van der Waals surface area contributed by atoms with Crippen LogP contribution >= 0.6 is 0 Å². The van der Waals surface area contributed by atoms with Crippen LogP contribution in [0.25, 0.3) is 10.9 Å². The molecular formula is C27H23FN2O6S. The number of hydrogen-bond donors (Lipinski definition) is 1. The molecule has 0 unspecified atom stereocenters. The Balaban J connectivity index is 1.57. The van der Waals surface area contributed by atoms with Crippen molar-refractivity contribution >= 4 is 26.7 Å². The lowest BCUT2D eigenvalue weighted by molar-refractivity contribution is 0.101. The van der Waals surface area contributed by atoms with Crippen LogP contribution < -0.4 is 15.0 Å². The Labute approximate surface area is 212 Å². The molecule has 0 aliphatic carbocycles. The normalized spacial score (nSPS) is 13.2. The number of Topliss-reactive ketones (excluding diaryl/α,β-unsaturated/α-hetero) is 1. The molecule has 0 saturated heterocycles. The average molecular weight is 523 g/mol. The van der Waals surface area contributed by atoms with Gasteiger partial charge in [0.2, 0.25) is 10.0 Å². The summed E-state index contributed by atoms with van der Waals surface area (Å²) in [5.41, 5.74) is 1.06. The number of carbonyl (C=O) groups excluding carboxylic acids is 1. The molecule has 0 bridgehead atoms. The second-order valence-corrected chi connectivity index (χ2v) is 10.6. The highest BCUT2D eigenvalue weighted by atomic mass is 32.2. The number of ketones is 1. The molecule has 0 atom stereocenters. The van der Waals surface area contributed by atoms with E-state index in [1.54, 1.807) is 18.2 Å². The molecule has 1 aliphatic heterocycles. The fraction of sp³-hybridized carbons (Fsp3) is 0.185. The summed E-state index contributed by atoms with van der Waals surface area (Å²) in [7, 11) is -4.16. The lowest BCUT2D eigenvalue weighted by atomic mass is 10.1. The molecule has 1 N–H and O–H groups in total. The van der Waals surface area contributed by atoms with Crippen molar-refractivity contribution < 1.29 is 27.1 Å². The molecule has 190 valence electrons. The second kappa shape index (κ2) is 9.79. The lowest BCUT2D eigenvalue weighted by Crippen LogP contribution is -2.32. The van der Waals surface area contributed by atoms with Gasteiger partial charge in [-0.05, 0) is 48.9 Å². The topological polar surface area (TPSA) is 106 Å². The SMILES string of the molecule is CC(=O)c1cccc(S(=O)(=O)N(Cc2ccc(F)cc2)Cc2cc3cc4c(cc3[nH]c2=O)OCCO4)c1. The van der Waals surface area contributed by atoms with Gasteiger partial charge in [-0.1, -0.05) is 24.3 Å². The number of aromatic amines is 1. The minimum Gasteiger partial charge on any atom is -0.486 e. The molecule has 10 heteroatoms. The molecule has 8 nitrogen and oxygen atoms in total. The molecule has 5 rings (SSSR count). The summed E-state index contributed by atoms with van der Waals surface area (Å²) in [6.45, 7) is 1.78. The number of carbonyl (C=O) groups is 1. The zero-order chi connectivity index (χ0) is 26.2. The third-order valence-corrected chi connectivity index (χ3v) is 7.87. The van der Waals surface area contributed by atoms with Gasteiger partial charge < -0.3 is 14.5 Å². The van der Waals surface area contributed by atoms with E-state index < -0.39 is 21.4 Å². The molecule has 0 radical (unpaired) electrons. The molecule has 1 aliphatic rings. The van der Waals surface area contributed by atoms with Gasteiger partial charge in [-0.15, -0.1) is 0 Å². The van der Waals surface area contributed by atoms with Crippen molar-refractivity contribution in [3.63, 3.8) is 0 Å². The van der Waals surface area contributed by atoms with Gasteiger partial charge in [-0.2, -0.15) is 4.31 Å². The maximum Gasteiger partial charge on any atom is 0.252 e. The first kappa shape index (κ1) is 24.7. The highest BCUT2D eigenvalue weighted by Crippen LogP contribution is 2.34. The predicted molar refractivity (Wildman–Crippen MR) is 135 cm³/mol. The lowest BCUT2D eigenvalue weighted by Gasteiger charge is -2.23. The van der Waals surface area contributed by atoms with Gasteiger partial charge in [0, 0.05) is 35.7 Å². The van der Waals surface area contributed by atoms with E-state index in [9.17, 15) is 22.4 Å². The van der Waals surface area contributed by atoms with Crippen LogP contribution in [0.15, 0.2) is 76.4 Å². The van der Waals surface area contributed by atoms with Crippen LogP contribution in [-0.4, -0.2) is 36.7 Å². The van der Waals surface area contributed by atoms with Crippen molar-refractivity contribution in [3.8, 4) is 11.5 Å². The van der Waals surface area contributed by atoms with Gasteiger partial charge in [0.05, 0.1) is 10.4 Å². The minimum atomic E-state index is -4.16. The third kappa shape index (κ3) is 5.11. The molecule has 37 heavy (non-hydrogen) atoms. The van der Waals surface area contributed by atoms with Gasteiger partial charge in [0.1, 0.15) is 19.0 Å². The second-order valence-electron chi connectivity index (χ2n) is 8.69. The highest BCUT2D eigenvalue weighted by molar-refractivity contribution is 7.89. The van der Waals surface area contributed by atoms with Gasteiger partial charge in [0.25, 0.3) is 5.56 Å². The zero-order valence-electron chi connectivity index (χ0n) is 19.9. The number of nitrogens with one attached hydrogen (secondary N) is 1. The Morgan fingerprint density at radius 2 is 1.68 bits per heavy atom. The standard InChI is InChI=1S/C27H23FN2O6S/c1-17(31)19-3-2-4-23(12-19)37(33,34)30(15-18-5-7-22(28)8-6-18)16-21-11-20-13-25-26(36-10-9-35-25)14-24(20)29-27(21)32/h2-8,11-14H,9-10,15-16H2,1H3,(H,29,32). The van der Waals surface area contributed by atoms with Crippen LogP contribution in [0.5, 0.6) is 11.5 Å². The molecule has 2 heterocycles. The van der Waals surface area contributed by atoms with Crippen molar-refractivity contribution in [3.05, 3.63) is 99.6 Å². The van der Waals surface area contributed by atoms with E-state index >= 15 is 0 Å². The average Bonchev–Trinajstić information content (AvgIpc) is 2.88.